The smallest absolute Gasteiger partial charge is 0.342 e. The van der Waals surface area contributed by atoms with Crippen molar-refractivity contribution in [3.8, 4) is 5.75 Å². The number of benzene rings is 2. The fourth-order valence-electron chi connectivity index (χ4n) is 2.98. The molecule has 154 valence electrons. The maximum absolute atomic E-state index is 12.9. The molecule has 7 nitrogen and oxygen atoms in total. The Hall–Kier alpha value is -2.29. The molecule has 0 radical (unpaired) electrons. The number of carbonyl (C=O) groups is 2. The predicted molar refractivity (Wildman–Crippen MR) is 107 cm³/mol. The number of methoxy groups -OCH3 is 1. The van der Waals surface area contributed by atoms with Crippen molar-refractivity contribution in [2.75, 3.05) is 13.8 Å². The molecule has 0 atom stereocenters. The Labute approximate surface area is 178 Å². The number of ether oxygens (including phenoxy) is 2. The van der Waals surface area contributed by atoms with E-state index in [4.69, 9.17) is 32.7 Å². The molecule has 10 heteroatoms. The van der Waals surface area contributed by atoms with Crippen molar-refractivity contribution in [1.82, 2.24) is 4.31 Å². The van der Waals surface area contributed by atoms with E-state index in [1.54, 1.807) is 12.1 Å². The van der Waals surface area contributed by atoms with E-state index in [0.29, 0.717) is 15.6 Å². The van der Waals surface area contributed by atoms with E-state index in [1.807, 2.05) is 13.8 Å². The molecule has 1 heterocycles. The molecule has 0 unspecified atom stereocenters. The number of halogens is 2. The van der Waals surface area contributed by atoms with Gasteiger partial charge < -0.3 is 9.47 Å². The average Bonchev–Trinajstić information content (AvgIpc) is 2.84. The number of carbonyl (C=O) groups excluding carboxylic acids is 2. The van der Waals surface area contributed by atoms with Crippen molar-refractivity contribution < 1.29 is 27.5 Å². The lowest BCUT2D eigenvalue weighted by Gasteiger charge is -2.16. The second-order valence-corrected chi connectivity index (χ2v) is 9.21. The Balaban J connectivity index is 1.95. The summed E-state index contributed by atoms with van der Waals surface area (Å²) in [6.45, 7) is 2.85. The summed E-state index contributed by atoms with van der Waals surface area (Å²) in [5.41, 5.74) is 0.463. The number of rotatable bonds is 5. The van der Waals surface area contributed by atoms with Crippen LogP contribution in [0.1, 0.15) is 46.0 Å². The van der Waals surface area contributed by atoms with Gasteiger partial charge in [-0.3, -0.25) is 4.79 Å². The predicted octanol–water partition coefficient (Wildman–Crippen LogP) is 4.08. The van der Waals surface area contributed by atoms with Crippen LogP contribution in [-0.4, -0.2) is 38.4 Å². The van der Waals surface area contributed by atoms with Crippen molar-refractivity contribution in [2.24, 2.45) is 0 Å². The number of sulfonamides is 1. The average molecular weight is 458 g/mol. The van der Waals surface area contributed by atoms with Gasteiger partial charge in [-0.05, 0) is 29.7 Å². The highest BCUT2D eigenvalue weighted by Crippen LogP contribution is 2.38. The zero-order valence-corrected chi connectivity index (χ0v) is 18.1. The van der Waals surface area contributed by atoms with Gasteiger partial charge in [-0.15, -0.1) is 0 Å². The number of hydrogen-bond donors (Lipinski definition) is 0. The lowest BCUT2D eigenvalue weighted by molar-refractivity contribution is 0.0358. The van der Waals surface area contributed by atoms with Crippen molar-refractivity contribution in [1.29, 1.82) is 0 Å². The lowest BCUT2D eigenvalue weighted by Crippen LogP contribution is -2.33. The Kier molecular flexibility index (Phi) is 5.80. The molecule has 2 aromatic carbocycles. The highest BCUT2D eigenvalue weighted by atomic mass is 35.5. The van der Waals surface area contributed by atoms with Gasteiger partial charge in [0.05, 0.1) is 28.3 Å². The molecule has 0 saturated carbocycles. The molecule has 0 fully saturated rings. The highest BCUT2D eigenvalue weighted by Gasteiger charge is 2.44. The normalized spacial score (nSPS) is 14.8. The van der Waals surface area contributed by atoms with E-state index in [2.05, 4.69) is 0 Å². The molecule has 3 rings (SSSR count). The highest BCUT2D eigenvalue weighted by molar-refractivity contribution is 7.90. The minimum atomic E-state index is -4.22. The Morgan fingerprint density at radius 2 is 1.79 bits per heavy atom. The minimum Gasteiger partial charge on any atom is -0.497 e. The van der Waals surface area contributed by atoms with Gasteiger partial charge in [-0.1, -0.05) is 43.1 Å². The van der Waals surface area contributed by atoms with Gasteiger partial charge >= 0.3 is 5.97 Å². The van der Waals surface area contributed by atoms with Crippen LogP contribution in [0.4, 0.5) is 0 Å². The van der Waals surface area contributed by atoms with E-state index >= 15 is 0 Å². The molecule has 0 aromatic heterocycles. The van der Waals surface area contributed by atoms with E-state index < -0.39 is 28.6 Å². The van der Waals surface area contributed by atoms with Crippen LogP contribution in [-0.2, 0) is 14.8 Å². The molecular formula is C19H17Cl2NO6S. The maximum Gasteiger partial charge on any atom is 0.342 e. The van der Waals surface area contributed by atoms with Gasteiger partial charge in [0.25, 0.3) is 15.9 Å². The van der Waals surface area contributed by atoms with Crippen molar-refractivity contribution >= 4 is 45.1 Å². The van der Waals surface area contributed by atoms with Gasteiger partial charge in [-0.2, -0.15) is 4.31 Å². The summed E-state index contributed by atoms with van der Waals surface area (Å²) >= 11 is 11.9. The third-order valence-corrected chi connectivity index (χ3v) is 6.81. The second kappa shape index (κ2) is 7.85. The Morgan fingerprint density at radius 3 is 2.34 bits per heavy atom. The first-order chi connectivity index (χ1) is 13.6. The van der Waals surface area contributed by atoms with Crippen LogP contribution >= 0.6 is 23.2 Å². The van der Waals surface area contributed by atoms with E-state index in [9.17, 15) is 18.0 Å². The van der Waals surface area contributed by atoms with E-state index in [0.717, 1.165) is 0 Å². The molecule has 0 aliphatic carbocycles. The first kappa shape index (κ1) is 21.4. The second-order valence-electron chi connectivity index (χ2n) is 6.56. The van der Waals surface area contributed by atoms with Crippen LogP contribution in [0.15, 0.2) is 35.2 Å². The Morgan fingerprint density at radius 1 is 1.17 bits per heavy atom. The van der Waals surface area contributed by atoms with Crippen molar-refractivity contribution in [3.63, 3.8) is 0 Å². The van der Waals surface area contributed by atoms with Crippen LogP contribution in [0, 0.1) is 0 Å². The molecule has 1 aliphatic rings. The zero-order valence-electron chi connectivity index (χ0n) is 15.7. The van der Waals surface area contributed by atoms with Crippen molar-refractivity contribution in [3.05, 3.63) is 57.1 Å². The van der Waals surface area contributed by atoms with Gasteiger partial charge in [0, 0.05) is 6.07 Å². The standard InChI is InChI=1S/C19H17Cl2NO6S/c1-10(2)12-7-11(27-3)8-15-16(12)18(23)22(29(15,25)26)9-28-19(24)17-13(20)5-4-6-14(17)21/h4-8,10H,9H2,1-3H3. The minimum absolute atomic E-state index is 0.0487. The molecule has 0 spiro atoms. The quantitative estimate of drug-likeness (QED) is 0.628. The number of nitrogens with zero attached hydrogens (tertiary/aromatic N) is 1. The third-order valence-electron chi connectivity index (χ3n) is 4.45. The first-order valence-corrected chi connectivity index (χ1v) is 10.7. The summed E-state index contributed by atoms with van der Waals surface area (Å²) in [7, 11) is -2.82. The number of hydrogen-bond acceptors (Lipinski definition) is 6. The molecule has 0 N–H and O–H groups in total. The number of fused-ring (bicyclic) bond motifs is 1. The first-order valence-electron chi connectivity index (χ1n) is 8.49. The van der Waals surface area contributed by atoms with Crippen LogP contribution in [0.2, 0.25) is 10.0 Å². The van der Waals surface area contributed by atoms with Gasteiger partial charge in [0.1, 0.15) is 10.6 Å². The monoisotopic (exact) mass is 457 g/mol. The largest absolute Gasteiger partial charge is 0.497 e. The SMILES string of the molecule is COc1cc(C(C)C)c2c(c1)S(=O)(=O)N(COC(=O)c1c(Cl)cccc1Cl)C2=O. The zero-order chi connectivity index (χ0) is 21.5. The van der Waals surface area contributed by atoms with Gasteiger partial charge in [0.15, 0.2) is 6.73 Å². The topological polar surface area (TPSA) is 90.0 Å². The molecule has 0 saturated heterocycles. The van der Waals surface area contributed by atoms with Crippen LogP contribution in [0.25, 0.3) is 0 Å². The Bertz CT molecular complexity index is 1090. The van der Waals surface area contributed by atoms with Gasteiger partial charge in [-0.25, -0.2) is 13.2 Å². The van der Waals surface area contributed by atoms with E-state index in [-0.39, 0.29) is 32.0 Å². The summed E-state index contributed by atoms with van der Waals surface area (Å²) in [5.74, 6) is -1.54. The maximum atomic E-state index is 12.9. The third kappa shape index (κ3) is 3.68. The summed E-state index contributed by atoms with van der Waals surface area (Å²) in [5, 5.41) is 0.0986. The summed E-state index contributed by atoms with van der Waals surface area (Å²) in [4.78, 5) is 25.1. The number of esters is 1. The number of amides is 1. The molecule has 29 heavy (non-hydrogen) atoms. The summed E-state index contributed by atoms with van der Waals surface area (Å²) < 4.78 is 36.6. The molecule has 2 aromatic rings. The van der Waals surface area contributed by atoms with Crippen LogP contribution in [0.3, 0.4) is 0 Å². The summed E-state index contributed by atoms with van der Waals surface area (Å²) in [6.07, 6.45) is 0. The van der Waals surface area contributed by atoms with Crippen LogP contribution < -0.4 is 4.74 Å². The van der Waals surface area contributed by atoms with Crippen molar-refractivity contribution in [2.45, 2.75) is 24.7 Å². The molecule has 0 bridgehead atoms. The van der Waals surface area contributed by atoms with Crippen LogP contribution in [0.5, 0.6) is 5.75 Å². The molecular weight excluding hydrogens is 441 g/mol. The fraction of sp³-hybridized carbons (Fsp3) is 0.263. The van der Waals surface area contributed by atoms with Gasteiger partial charge in [0.2, 0.25) is 0 Å². The lowest BCUT2D eigenvalue weighted by atomic mass is 9.96. The molecule has 1 amide bonds. The molecule has 1 aliphatic heterocycles. The fourth-order valence-corrected chi connectivity index (χ4v) is 5.00. The summed E-state index contributed by atoms with van der Waals surface area (Å²) in [6, 6.07) is 7.34. The van der Waals surface area contributed by atoms with E-state index in [1.165, 1.54) is 25.3 Å².